The molecule has 0 radical (unpaired) electrons. The lowest BCUT2D eigenvalue weighted by molar-refractivity contribution is 0.0747. The first kappa shape index (κ1) is 23.5. The van der Waals surface area contributed by atoms with Crippen LogP contribution in [0.2, 0.25) is 0 Å². The first-order chi connectivity index (χ1) is 17.7. The summed E-state index contributed by atoms with van der Waals surface area (Å²) in [4.78, 5) is 18.0. The number of hydrogen-bond acceptors (Lipinski definition) is 5. The number of ether oxygens (including phenoxy) is 2. The Hall–Kier alpha value is -4.26. The standard InChI is InChI=1S/C29H30N4O3/c1-35-24-12-8-11-23(19-24)28-25(21-33(30-28)20-22-9-4-3-5-10-22)29(34)32-17-15-31(16-18-32)26-13-6-7-14-27(26)36-2/h3-14,19,21H,15-18,20H2,1-2H3. The topological polar surface area (TPSA) is 59.8 Å². The Kier molecular flexibility index (Phi) is 6.89. The number of aromatic nitrogens is 2. The lowest BCUT2D eigenvalue weighted by Crippen LogP contribution is -2.48. The zero-order valence-electron chi connectivity index (χ0n) is 20.6. The molecule has 5 rings (SSSR count). The summed E-state index contributed by atoms with van der Waals surface area (Å²) in [6.07, 6.45) is 1.87. The number of carbonyl (C=O) groups is 1. The van der Waals surface area contributed by atoms with Crippen molar-refractivity contribution in [2.24, 2.45) is 0 Å². The Morgan fingerprint density at radius 1 is 0.861 bits per heavy atom. The molecule has 184 valence electrons. The van der Waals surface area contributed by atoms with Gasteiger partial charge in [0, 0.05) is 37.9 Å². The first-order valence-corrected chi connectivity index (χ1v) is 12.1. The summed E-state index contributed by atoms with van der Waals surface area (Å²) in [5, 5.41) is 4.84. The molecule has 1 aliphatic rings. The minimum Gasteiger partial charge on any atom is -0.497 e. The second kappa shape index (κ2) is 10.6. The van der Waals surface area contributed by atoms with Crippen molar-refractivity contribution >= 4 is 11.6 Å². The molecule has 1 fully saturated rings. The smallest absolute Gasteiger partial charge is 0.257 e. The first-order valence-electron chi connectivity index (χ1n) is 12.1. The molecule has 1 aromatic heterocycles. The molecule has 0 saturated carbocycles. The maximum Gasteiger partial charge on any atom is 0.257 e. The van der Waals surface area contributed by atoms with Gasteiger partial charge in [-0.1, -0.05) is 54.6 Å². The monoisotopic (exact) mass is 482 g/mol. The minimum atomic E-state index is -0.00758. The van der Waals surface area contributed by atoms with E-state index in [9.17, 15) is 4.79 Å². The zero-order valence-corrected chi connectivity index (χ0v) is 20.6. The van der Waals surface area contributed by atoms with E-state index in [1.165, 1.54) is 0 Å². The number of hydrogen-bond donors (Lipinski definition) is 0. The third-order valence-corrected chi connectivity index (χ3v) is 6.52. The molecule has 3 aromatic carbocycles. The second-order valence-electron chi connectivity index (χ2n) is 8.76. The van der Waals surface area contributed by atoms with Gasteiger partial charge in [0.25, 0.3) is 5.91 Å². The van der Waals surface area contributed by atoms with Crippen molar-refractivity contribution in [2.75, 3.05) is 45.3 Å². The van der Waals surface area contributed by atoms with Crippen LogP contribution in [0.25, 0.3) is 11.3 Å². The highest BCUT2D eigenvalue weighted by atomic mass is 16.5. The summed E-state index contributed by atoms with van der Waals surface area (Å²) < 4.78 is 12.8. The molecule has 0 atom stereocenters. The Bertz CT molecular complexity index is 1330. The highest BCUT2D eigenvalue weighted by Crippen LogP contribution is 2.30. The van der Waals surface area contributed by atoms with Gasteiger partial charge in [0.05, 0.1) is 32.0 Å². The molecule has 0 spiro atoms. The van der Waals surface area contributed by atoms with Crippen molar-refractivity contribution in [3.05, 3.63) is 96.2 Å². The fourth-order valence-electron chi connectivity index (χ4n) is 4.62. The van der Waals surface area contributed by atoms with Gasteiger partial charge in [-0.15, -0.1) is 0 Å². The van der Waals surface area contributed by atoms with Gasteiger partial charge in [-0.2, -0.15) is 5.10 Å². The summed E-state index contributed by atoms with van der Waals surface area (Å²) in [5.74, 6) is 1.57. The van der Waals surface area contributed by atoms with Gasteiger partial charge in [0.15, 0.2) is 0 Å². The predicted molar refractivity (Wildman–Crippen MR) is 141 cm³/mol. The number of nitrogens with zero attached hydrogens (tertiary/aromatic N) is 4. The van der Waals surface area contributed by atoms with Gasteiger partial charge in [-0.05, 0) is 29.8 Å². The van der Waals surface area contributed by atoms with E-state index in [0.29, 0.717) is 30.9 Å². The summed E-state index contributed by atoms with van der Waals surface area (Å²) in [6.45, 7) is 3.31. The van der Waals surface area contributed by atoms with Crippen molar-refractivity contribution in [1.29, 1.82) is 0 Å². The van der Waals surface area contributed by atoms with Crippen molar-refractivity contribution < 1.29 is 14.3 Å². The van der Waals surface area contributed by atoms with Crippen molar-refractivity contribution in [3.63, 3.8) is 0 Å². The minimum absolute atomic E-state index is 0.00758. The van der Waals surface area contributed by atoms with E-state index in [1.54, 1.807) is 14.2 Å². The van der Waals surface area contributed by atoms with Gasteiger partial charge in [0.2, 0.25) is 0 Å². The molecule has 0 bridgehead atoms. The summed E-state index contributed by atoms with van der Waals surface area (Å²) in [6, 6.07) is 25.8. The zero-order chi connectivity index (χ0) is 24.9. The molecule has 1 aliphatic heterocycles. The Morgan fingerprint density at radius 3 is 2.36 bits per heavy atom. The maximum absolute atomic E-state index is 13.8. The number of methoxy groups -OCH3 is 2. The summed E-state index contributed by atoms with van der Waals surface area (Å²) in [7, 11) is 3.33. The average Bonchev–Trinajstić information content (AvgIpc) is 3.37. The van der Waals surface area contributed by atoms with E-state index in [1.807, 2.05) is 76.4 Å². The van der Waals surface area contributed by atoms with Crippen molar-refractivity contribution in [3.8, 4) is 22.8 Å². The van der Waals surface area contributed by atoms with E-state index in [-0.39, 0.29) is 5.91 Å². The second-order valence-corrected chi connectivity index (χ2v) is 8.76. The molecular weight excluding hydrogens is 452 g/mol. The van der Waals surface area contributed by atoms with Gasteiger partial charge < -0.3 is 19.3 Å². The molecule has 36 heavy (non-hydrogen) atoms. The number of anilines is 1. The van der Waals surface area contributed by atoms with Gasteiger partial charge >= 0.3 is 0 Å². The normalized spacial score (nSPS) is 13.5. The fourth-order valence-corrected chi connectivity index (χ4v) is 4.62. The SMILES string of the molecule is COc1cccc(-c2nn(Cc3ccccc3)cc2C(=O)N2CCN(c3ccccc3OC)CC2)c1. The number of piperazine rings is 1. The Balaban J connectivity index is 1.40. The van der Waals surface area contributed by atoms with Gasteiger partial charge in [-0.25, -0.2) is 0 Å². The molecule has 0 N–H and O–H groups in total. The molecule has 2 heterocycles. The number of rotatable bonds is 7. The quantitative estimate of drug-likeness (QED) is 0.386. The van der Waals surface area contributed by atoms with Crippen LogP contribution in [0.15, 0.2) is 85.1 Å². The molecule has 1 amide bonds. The third-order valence-electron chi connectivity index (χ3n) is 6.52. The van der Waals surface area contributed by atoms with E-state index in [0.717, 1.165) is 41.4 Å². The number of para-hydroxylation sites is 2. The van der Waals surface area contributed by atoms with Crippen LogP contribution in [-0.4, -0.2) is 61.0 Å². The molecule has 4 aromatic rings. The third kappa shape index (κ3) is 4.91. The highest BCUT2D eigenvalue weighted by Gasteiger charge is 2.27. The Morgan fingerprint density at radius 2 is 1.61 bits per heavy atom. The van der Waals surface area contributed by atoms with Gasteiger partial charge in [-0.3, -0.25) is 9.48 Å². The van der Waals surface area contributed by atoms with Crippen LogP contribution in [0.4, 0.5) is 5.69 Å². The van der Waals surface area contributed by atoms with Crippen LogP contribution in [0.3, 0.4) is 0 Å². The fraction of sp³-hybridized carbons (Fsp3) is 0.241. The lowest BCUT2D eigenvalue weighted by Gasteiger charge is -2.36. The number of carbonyl (C=O) groups excluding carboxylic acids is 1. The van der Waals surface area contributed by atoms with Crippen LogP contribution in [0, 0.1) is 0 Å². The van der Waals surface area contributed by atoms with Crippen molar-refractivity contribution in [2.45, 2.75) is 6.54 Å². The molecule has 0 unspecified atom stereocenters. The van der Waals surface area contributed by atoms with Crippen LogP contribution in [0.1, 0.15) is 15.9 Å². The summed E-state index contributed by atoms with van der Waals surface area (Å²) in [5.41, 5.74) is 4.31. The summed E-state index contributed by atoms with van der Waals surface area (Å²) >= 11 is 0. The van der Waals surface area contributed by atoms with Crippen molar-refractivity contribution in [1.82, 2.24) is 14.7 Å². The largest absolute Gasteiger partial charge is 0.497 e. The maximum atomic E-state index is 13.8. The van der Waals surface area contributed by atoms with E-state index in [4.69, 9.17) is 14.6 Å². The molecular formula is C29H30N4O3. The molecule has 7 nitrogen and oxygen atoms in total. The van der Waals surface area contributed by atoms with E-state index in [2.05, 4.69) is 23.1 Å². The highest BCUT2D eigenvalue weighted by molar-refractivity contribution is 6.00. The Labute approximate surface area is 211 Å². The molecule has 0 aliphatic carbocycles. The van der Waals surface area contributed by atoms with Crippen LogP contribution < -0.4 is 14.4 Å². The van der Waals surface area contributed by atoms with E-state index < -0.39 is 0 Å². The van der Waals surface area contributed by atoms with Crippen LogP contribution in [-0.2, 0) is 6.54 Å². The number of benzene rings is 3. The van der Waals surface area contributed by atoms with Crippen LogP contribution in [0.5, 0.6) is 11.5 Å². The number of amides is 1. The lowest BCUT2D eigenvalue weighted by atomic mass is 10.1. The molecule has 1 saturated heterocycles. The average molecular weight is 483 g/mol. The predicted octanol–water partition coefficient (Wildman–Crippen LogP) is 4.58. The van der Waals surface area contributed by atoms with Gasteiger partial charge in [0.1, 0.15) is 17.2 Å². The van der Waals surface area contributed by atoms with E-state index >= 15 is 0 Å². The molecule has 7 heteroatoms. The van der Waals surface area contributed by atoms with Crippen LogP contribution >= 0.6 is 0 Å².